The Hall–Kier alpha value is -3.46. The summed E-state index contributed by atoms with van der Waals surface area (Å²) < 4.78 is 41.6. The van der Waals surface area contributed by atoms with E-state index in [4.69, 9.17) is 36.1 Å². The second-order valence-corrected chi connectivity index (χ2v) is 15.6. The maximum absolute atomic E-state index is 16.2. The lowest BCUT2D eigenvalue weighted by molar-refractivity contribution is -0.148. The van der Waals surface area contributed by atoms with Crippen LogP contribution in [0, 0.1) is 5.41 Å². The minimum atomic E-state index is -3.57. The van der Waals surface area contributed by atoms with Gasteiger partial charge in [-0.25, -0.2) is 14.5 Å². The number of nitrogens with zero attached hydrogens (tertiary/aromatic N) is 4. The summed E-state index contributed by atoms with van der Waals surface area (Å²) in [5.74, 6) is 0.183. The zero-order valence-corrected chi connectivity index (χ0v) is 28.1. The first-order valence-electron chi connectivity index (χ1n) is 14.7. The number of nitrogens with two attached hydrogens (primary N) is 1. The van der Waals surface area contributed by atoms with Crippen LogP contribution < -0.4 is 20.7 Å². The van der Waals surface area contributed by atoms with Gasteiger partial charge in [0.2, 0.25) is 5.95 Å². The maximum Gasteiger partial charge on any atom is 0.323 e. The second-order valence-electron chi connectivity index (χ2n) is 12.5. The molecule has 13 nitrogen and oxygen atoms in total. The summed E-state index contributed by atoms with van der Waals surface area (Å²) in [6.45, 7) is 4.89. The van der Waals surface area contributed by atoms with E-state index in [-0.39, 0.29) is 30.2 Å². The van der Waals surface area contributed by atoms with Crippen molar-refractivity contribution in [1.29, 1.82) is 0 Å². The Balaban J connectivity index is 1.40. The van der Waals surface area contributed by atoms with Crippen molar-refractivity contribution in [3.05, 3.63) is 48.8 Å². The van der Waals surface area contributed by atoms with Crippen molar-refractivity contribution in [2.75, 3.05) is 31.3 Å². The van der Waals surface area contributed by atoms with E-state index in [0.29, 0.717) is 17.1 Å². The van der Waals surface area contributed by atoms with Crippen LogP contribution in [0.25, 0.3) is 21.9 Å². The van der Waals surface area contributed by atoms with Gasteiger partial charge in [-0.15, -0.1) is 0 Å². The SMILES string of the molecule is CNc1nc(N)nc2c1ncn2[C@@H]1OC(COP(=S)(N[C@H](C)C(=O)OCC(C)(C)C)Oc2cccc3ccccc23)[C@@H](O)[C@@]1(C)F. The molecule has 2 aromatic carbocycles. The van der Waals surface area contributed by atoms with Crippen molar-refractivity contribution in [2.45, 2.75) is 64.8 Å². The largest absolute Gasteiger partial charge is 0.464 e. The zero-order valence-electron chi connectivity index (χ0n) is 26.4. The average molecular weight is 676 g/mol. The number of benzene rings is 2. The van der Waals surface area contributed by atoms with Gasteiger partial charge in [-0.1, -0.05) is 57.2 Å². The second kappa shape index (κ2) is 13.0. The number of nitrogens with one attached hydrogen (secondary N) is 2. The summed E-state index contributed by atoms with van der Waals surface area (Å²) in [5.41, 5.74) is 3.88. The van der Waals surface area contributed by atoms with Gasteiger partial charge >= 0.3 is 12.6 Å². The van der Waals surface area contributed by atoms with Crippen LogP contribution in [0.1, 0.15) is 40.8 Å². The first kappa shape index (κ1) is 33.9. The lowest BCUT2D eigenvalue weighted by Crippen LogP contribution is -2.41. The molecule has 1 saturated heterocycles. The van der Waals surface area contributed by atoms with Gasteiger partial charge < -0.3 is 34.7 Å². The average Bonchev–Trinajstić information content (AvgIpc) is 3.51. The van der Waals surface area contributed by atoms with E-state index in [2.05, 4.69) is 25.4 Å². The van der Waals surface area contributed by atoms with E-state index in [1.807, 2.05) is 57.2 Å². The number of esters is 1. The maximum atomic E-state index is 16.2. The summed E-state index contributed by atoms with van der Waals surface area (Å²) in [6.07, 6.45) is -2.84. The Morgan fingerprint density at radius 3 is 2.70 bits per heavy atom. The minimum absolute atomic E-state index is 0.0508. The van der Waals surface area contributed by atoms with Gasteiger partial charge in [0.15, 0.2) is 28.9 Å². The monoisotopic (exact) mass is 675 g/mol. The Morgan fingerprint density at radius 2 is 1.98 bits per heavy atom. The molecule has 46 heavy (non-hydrogen) atoms. The Kier molecular flexibility index (Phi) is 9.56. The lowest BCUT2D eigenvalue weighted by Gasteiger charge is -2.29. The molecule has 0 saturated carbocycles. The topological polar surface area (TPSA) is 168 Å². The molecule has 0 radical (unpaired) electrons. The number of hydrogen-bond donors (Lipinski definition) is 4. The molecule has 1 aliphatic rings. The number of ether oxygens (including phenoxy) is 2. The fourth-order valence-corrected chi connectivity index (χ4v) is 7.42. The number of nitrogen functional groups attached to an aromatic ring is 1. The fourth-order valence-electron chi connectivity index (χ4n) is 5.00. The number of aliphatic hydroxyl groups is 1. The van der Waals surface area contributed by atoms with Gasteiger partial charge in [0.05, 0.1) is 19.5 Å². The van der Waals surface area contributed by atoms with Crippen molar-refractivity contribution in [3.8, 4) is 5.75 Å². The summed E-state index contributed by atoms with van der Waals surface area (Å²) in [5, 5.41) is 18.7. The molecule has 1 aliphatic heterocycles. The Bertz CT molecular complexity index is 1780. The number of carbonyl (C=O) groups excluding carboxylic acids is 1. The molecule has 6 atom stereocenters. The molecule has 0 aliphatic carbocycles. The molecule has 2 unspecified atom stereocenters. The first-order valence-corrected chi connectivity index (χ1v) is 17.3. The van der Waals surface area contributed by atoms with E-state index in [1.165, 1.54) is 17.8 Å². The third-order valence-electron chi connectivity index (χ3n) is 7.37. The van der Waals surface area contributed by atoms with E-state index in [1.54, 1.807) is 20.0 Å². The number of aromatic nitrogens is 4. The molecule has 2 aromatic heterocycles. The van der Waals surface area contributed by atoms with E-state index >= 15 is 4.39 Å². The molecule has 0 spiro atoms. The standard InChI is InChI=1S/C30H39FN7O6PS/c1-17(26(40)41-15-29(2,3)4)37-45(46,44-20-13-9-11-18-10-7-8-12-19(18)20)42-14-21-23(39)30(5,31)27(43-21)38-16-34-22-24(33-6)35-28(32)36-25(22)38/h7-13,16-17,21,23,27,39H,14-15H2,1-6H3,(H,37,46)(H3,32,33,35,36)/t17-,21?,23-,27-,30-,45?/m1/s1. The van der Waals surface area contributed by atoms with Crippen LogP contribution in [0.2, 0.25) is 0 Å². The van der Waals surface area contributed by atoms with Gasteiger partial charge in [-0.2, -0.15) is 9.97 Å². The number of rotatable bonds is 11. The molecule has 3 heterocycles. The van der Waals surface area contributed by atoms with E-state index in [0.717, 1.165) is 10.8 Å². The van der Waals surface area contributed by atoms with Crippen molar-refractivity contribution < 1.29 is 32.8 Å². The van der Waals surface area contributed by atoms with Gasteiger partial charge in [0, 0.05) is 12.4 Å². The van der Waals surface area contributed by atoms with Crippen LogP contribution in [-0.2, 0) is 30.6 Å². The molecule has 0 amide bonds. The number of hydrogen-bond acceptors (Lipinski definition) is 12. The van der Waals surface area contributed by atoms with Gasteiger partial charge in [0.25, 0.3) is 0 Å². The number of carbonyl (C=O) groups is 1. The molecule has 0 bridgehead atoms. The molecule has 5 N–H and O–H groups in total. The Morgan fingerprint density at radius 1 is 1.26 bits per heavy atom. The fraction of sp³-hybridized carbons (Fsp3) is 0.467. The number of aliphatic hydroxyl groups excluding tert-OH is 1. The molecule has 248 valence electrons. The van der Waals surface area contributed by atoms with Gasteiger partial charge in [-0.3, -0.25) is 9.36 Å². The van der Waals surface area contributed by atoms with Gasteiger partial charge in [0.1, 0.15) is 24.0 Å². The Labute approximate surface area is 271 Å². The third-order valence-corrected chi connectivity index (χ3v) is 9.86. The van der Waals surface area contributed by atoms with Crippen molar-refractivity contribution in [1.82, 2.24) is 24.6 Å². The minimum Gasteiger partial charge on any atom is -0.464 e. The molecule has 4 aromatic rings. The number of fused-ring (bicyclic) bond motifs is 2. The summed E-state index contributed by atoms with van der Waals surface area (Å²) in [7, 11) is 1.65. The predicted molar refractivity (Wildman–Crippen MR) is 177 cm³/mol. The third kappa shape index (κ3) is 7.09. The zero-order chi connectivity index (χ0) is 33.4. The highest BCUT2D eigenvalue weighted by molar-refractivity contribution is 8.09. The quantitative estimate of drug-likeness (QED) is 0.130. The highest BCUT2D eigenvalue weighted by Gasteiger charge is 2.56. The highest BCUT2D eigenvalue weighted by atomic mass is 32.5. The lowest BCUT2D eigenvalue weighted by atomic mass is 9.98. The number of imidazole rings is 1. The van der Waals surface area contributed by atoms with Crippen molar-refractivity contribution >= 4 is 58.1 Å². The summed E-state index contributed by atoms with van der Waals surface area (Å²) in [6, 6.07) is 12.1. The summed E-state index contributed by atoms with van der Waals surface area (Å²) >= 11 is 5.91. The van der Waals surface area contributed by atoms with Crippen LogP contribution in [0.3, 0.4) is 0 Å². The number of halogens is 1. The molecule has 5 rings (SSSR count). The predicted octanol–water partition coefficient (Wildman–Crippen LogP) is 4.48. The van der Waals surface area contributed by atoms with Gasteiger partial charge in [-0.05, 0) is 42.5 Å². The smallest absolute Gasteiger partial charge is 0.323 e. The number of anilines is 2. The normalized spacial score (nSPS) is 23.7. The van der Waals surface area contributed by atoms with Crippen LogP contribution >= 0.6 is 6.64 Å². The highest BCUT2D eigenvalue weighted by Crippen LogP contribution is 2.49. The first-order chi connectivity index (χ1) is 21.6. The van der Waals surface area contributed by atoms with Crippen LogP contribution in [-0.4, -0.2) is 74.8 Å². The van der Waals surface area contributed by atoms with E-state index in [9.17, 15) is 9.90 Å². The van der Waals surface area contributed by atoms with Crippen molar-refractivity contribution in [2.24, 2.45) is 5.41 Å². The molecular formula is C30H39FN7O6PS. The number of alkyl halides is 1. The van der Waals surface area contributed by atoms with Crippen LogP contribution in [0.4, 0.5) is 16.2 Å². The van der Waals surface area contributed by atoms with Crippen LogP contribution in [0.15, 0.2) is 48.8 Å². The molecular weight excluding hydrogens is 636 g/mol. The molecule has 16 heteroatoms. The van der Waals surface area contributed by atoms with Crippen molar-refractivity contribution in [3.63, 3.8) is 0 Å². The summed E-state index contributed by atoms with van der Waals surface area (Å²) in [4.78, 5) is 25.5. The van der Waals surface area contributed by atoms with Crippen LogP contribution in [0.5, 0.6) is 5.75 Å². The van der Waals surface area contributed by atoms with E-state index < -0.39 is 42.8 Å². The molecule has 1 fully saturated rings.